The van der Waals surface area contributed by atoms with Crippen LogP contribution < -0.4 is 4.90 Å². The quantitative estimate of drug-likeness (QED) is 0.679. The number of hydrogen-bond donors (Lipinski definition) is 1. The van der Waals surface area contributed by atoms with E-state index in [0.717, 1.165) is 17.9 Å². The first-order valence-electron chi connectivity index (χ1n) is 6.27. The van der Waals surface area contributed by atoms with E-state index in [1.54, 1.807) is 19.1 Å². The number of nitro groups is 1. The van der Waals surface area contributed by atoms with Crippen LogP contribution in [0, 0.1) is 10.1 Å². The van der Waals surface area contributed by atoms with E-state index in [2.05, 4.69) is 0 Å². The molecule has 0 bridgehead atoms. The lowest BCUT2D eigenvalue weighted by atomic mass is 10.1. The number of hydrogen-bond acceptors (Lipinski definition) is 5. The van der Waals surface area contributed by atoms with Gasteiger partial charge in [0.05, 0.1) is 11.0 Å². The number of rotatable bonds is 4. The van der Waals surface area contributed by atoms with Gasteiger partial charge in [0, 0.05) is 24.9 Å². The summed E-state index contributed by atoms with van der Waals surface area (Å²) in [6, 6.07) is 5.31. The zero-order chi connectivity index (χ0) is 14.0. The van der Waals surface area contributed by atoms with Crippen LogP contribution >= 0.6 is 11.8 Å². The van der Waals surface area contributed by atoms with Gasteiger partial charge in [0.25, 0.3) is 5.69 Å². The molecule has 1 aliphatic rings. The smallest absolute Gasteiger partial charge is 0.292 e. The monoisotopic (exact) mass is 282 g/mol. The van der Waals surface area contributed by atoms with E-state index in [-0.39, 0.29) is 10.6 Å². The molecule has 0 saturated carbocycles. The number of aliphatic hydroxyl groups is 1. The lowest BCUT2D eigenvalue weighted by Crippen LogP contribution is -2.31. The molecular weight excluding hydrogens is 264 g/mol. The molecule has 1 fully saturated rings. The average molecular weight is 282 g/mol. The molecule has 2 atom stereocenters. The van der Waals surface area contributed by atoms with Crippen LogP contribution in [0.2, 0.25) is 0 Å². The second-order valence-electron chi connectivity index (χ2n) is 4.81. The third-order valence-electron chi connectivity index (χ3n) is 3.51. The second kappa shape index (κ2) is 5.79. The van der Waals surface area contributed by atoms with Crippen molar-refractivity contribution in [2.24, 2.45) is 0 Å². The highest BCUT2D eigenvalue weighted by atomic mass is 32.2. The molecule has 1 aromatic carbocycles. The Morgan fingerprint density at radius 2 is 2.32 bits per heavy atom. The summed E-state index contributed by atoms with van der Waals surface area (Å²) in [5, 5.41) is 20.7. The molecule has 1 unspecified atom stereocenters. The fourth-order valence-electron chi connectivity index (χ4n) is 2.27. The molecule has 1 heterocycles. The van der Waals surface area contributed by atoms with Gasteiger partial charge in [-0.3, -0.25) is 10.1 Å². The van der Waals surface area contributed by atoms with Gasteiger partial charge in [0.1, 0.15) is 5.69 Å². The summed E-state index contributed by atoms with van der Waals surface area (Å²) in [6.45, 7) is 1.61. The van der Waals surface area contributed by atoms with E-state index in [0.29, 0.717) is 17.3 Å². The number of nitro benzene ring substituents is 1. The van der Waals surface area contributed by atoms with Crippen molar-refractivity contribution >= 4 is 23.1 Å². The summed E-state index contributed by atoms with van der Waals surface area (Å²) in [4.78, 5) is 12.8. The van der Waals surface area contributed by atoms with E-state index in [1.165, 1.54) is 6.07 Å². The SMILES string of the molecule is C[C@H](O)c1ccc(N(C)C2CCSC2)c([N+](=O)[O-])c1. The highest BCUT2D eigenvalue weighted by Crippen LogP contribution is 2.34. The molecule has 0 radical (unpaired) electrons. The molecule has 0 aliphatic carbocycles. The average Bonchev–Trinajstić information content (AvgIpc) is 2.90. The van der Waals surface area contributed by atoms with Gasteiger partial charge in [0.2, 0.25) is 0 Å². The fraction of sp³-hybridized carbons (Fsp3) is 0.538. The first-order valence-corrected chi connectivity index (χ1v) is 7.43. The van der Waals surface area contributed by atoms with Crippen molar-refractivity contribution < 1.29 is 10.0 Å². The lowest BCUT2D eigenvalue weighted by molar-refractivity contribution is -0.384. The van der Waals surface area contributed by atoms with Crippen LogP contribution in [0.15, 0.2) is 18.2 Å². The summed E-state index contributed by atoms with van der Waals surface area (Å²) < 4.78 is 0. The van der Waals surface area contributed by atoms with Crippen LogP contribution in [-0.2, 0) is 0 Å². The van der Waals surface area contributed by atoms with Gasteiger partial charge in [-0.15, -0.1) is 0 Å². The standard InChI is InChI=1S/C13H18N2O3S/c1-9(16)10-3-4-12(13(7-10)15(17)18)14(2)11-5-6-19-8-11/h3-4,7,9,11,16H,5-6,8H2,1-2H3/t9-,11?/m0/s1. The Hall–Kier alpha value is -1.27. The Morgan fingerprint density at radius 3 is 2.84 bits per heavy atom. The third-order valence-corrected chi connectivity index (χ3v) is 4.66. The Labute approximate surface area is 116 Å². The van der Waals surface area contributed by atoms with Crippen LogP contribution in [0.3, 0.4) is 0 Å². The minimum atomic E-state index is -0.694. The van der Waals surface area contributed by atoms with Crippen molar-refractivity contribution in [2.75, 3.05) is 23.5 Å². The minimum Gasteiger partial charge on any atom is -0.389 e. The molecule has 2 rings (SSSR count). The number of aliphatic hydroxyl groups excluding tert-OH is 1. The van der Waals surface area contributed by atoms with E-state index >= 15 is 0 Å². The highest BCUT2D eigenvalue weighted by molar-refractivity contribution is 7.99. The normalized spacial score (nSPS) is 20.3. The number of nitrogens with zero attached hydrogens (tertiary/aromatic N) is 2. The molecule has 1 saturated heterocycles. The van der Waals surface area contributed by atoms with Crippen molar-refractivity contribution in [1.82, 2.24) is 0 Å². The van der Waals surface area contributed by atoms with E-state index in [4.69, 9.17) is 0 Å². The van der Waals surface area contributed by atoms with Gasteiger partial charge in [-0.1, -0.05) is 6.07 Å². The van der Waals surface area contributed by atoms with Crippen molar-refractivity contribution in [3.8, 4) is 0 Å². The summed E-state index contributed by atoms with van der Waals surface area (Å²) >= 11 is 1.88. The molecule has 6 heteroatoms. The van der Waals surface area contributed by atoms with Crippen molar-refractivity contribution in [3.63, 3.8) is 0 Å². The second-order valence-corrected chi connectivity index (χ2v) is 5.96. The fourth-order valence-corrected chi connectivity index (χ4v) is 3.54. The Bertz CT molecular complexity index is 473. The first kappa shape index (κ1) is 14.1. The van der Waals surface area contributed by atoms with Crippen LogP contribution in [0.4, 0.5) is 11.4 Å². The minimum absolute atomic E-state index is 0.0674. The zero-order valence-electron chi connectivity index (χ0n) is 11.1. The van der Waals surface area contributed by atoms with Gasteiger partial charge in [-0.2, -0.15) is 11.8 Å². The third kappa shape index (κ3) is 3.01. The van der Waals surface area contributed by atoms with Crippen molar-refractivity contribution in [2.45, 2.75) is 25.5 Å². The van der Waals surface area contributed by atoms with Crippen LogP contribution in [0.5, 0.6) is 0 Å². The molecule has 1 aromatic rings. The lowest BCUT2D eigenvalue weighted by Gasteiger charge is -2.26. The van der Waals surface area contributed by atoms with Gasteiger partial charge in [-0.05, 0) is 30.7 Å². The van der Waals surface area contributed by atoms with Gasteiger partial charge in [-0.25, -0.2) is 0 Å². The molecule has 0 spiro atoms. The van der Waals surface area contributed by atoms with E-state index < -0.39 is 6.10 Å². The largest absolute Gasteiger partial charge is 0.389 e. The summed E-state index contributed by atoms with van der Waals surface area (Å²) in [7, 11) is 1.90. The first-order chi connectivity index (χ1) is 9.00. The van der Waals surface area contributed by atoms with Gasteiger partial charge >= 0.3 is 0 Å². The Balaban J connectivity index is 2.35. The number of thioether (sulfide) groups is 1. The molecule has 1 aliphatic heterocycles. The van der Waals surface area contributed by atoms with E-state index in [9.17, 15) is 15.2 Å². The molecule has 0 aromatic heterocycles. The Kier molecular flexibility index (Phi) is 4.31. The van der Waals surface area contributed by atoms with Gasteiger partial charge in [0.15, 0.2) is 0 Å². The van der Waals surface area contributed by atoms with Crippen LogP contribution in [0.1, 0.15) is 25.0 Å². The maximum Gasteiger partial charge on any atom is 0.292 e. The predicted octanol–water partition coefficient (Wildman–Crippen LogP) is 2.59. The molecule has 0 amide bonds. The summed E-state index contributed by atoms with van der Waals surface area (Å²) in [5.74, 6) is 2.11. The van der Waals surface area contributed by atoms with Crippen LogP contribution in [-0.4, -0.2) is 34.6 Å². The topological polar surface area (TPSA) is 66.6 Å². The number of anilines is 1. The molecule has 5 nitrogen and oxygen atoms in total. The van der Waals surface area contributed by atoms with Gasteiger partial charge < -0.3 is 10.0 Å². The zero-order valence-corrected chi connectivity index (χ0v) is 11.9. The predicted molar refractivity (Wildman–Crippen MR) is 77.9 cm³/mol. The molecule has 19 heavy (non-hydrogen) atoms. The molecular formula is C13H18N2O3S. The number of benzene rings is 1. The summed E-state index contributed by atoms with van der Waals surface area (Å²) in [6.07, 6.45) is 0.358. The maximum atomic E-state index is 11.2. The Morgan fingerprint density at radius 1 is 1.58 bits per heavy atom. The van der Waals surface area contributed by atoms with Crippen LogP contribution in [0.25, 0.3) is 0 Å². The summed E-state index contributed by atoms with van der Waals surface area (Å²) in [5.41, 5.74) is 1.27. The highest BCUT2D eigenvalue weighted by Gasteiger charge is 2.26. The van der Waals surface area contributed by atoms with E-state index in [1.807, 2.05) is 23.7 Å². The molecule has 1 N–H and O–H groups in total. The maximum absolute atomic E-state index is 11.2. The van der Waals surface area contributed by atoms with Crippen molar-refractivity contribution in [3.05, 3.63) is 33.9 Å². The molecule has 104 valence electrons. The van der Waals surface area contributed by atoms with Crippen molar-refractivity contribution in [1.29, 1.82) is 0 Å².